The minimum atomic E-state index is -3.25. The second-order valence-electron chi connectivity index (χ2n) is 8.15. The number of piperazine rings is 1. The monoisotopic (exact) mass is 422 g/mol. The molecule has 2 heterocycles. The third-order valence-electron chi connectivity index (χ3n) is 5.90. The molecule has 1 N–H and O–H groups in total. The lowest BCUT2D eigenvalue weighted by Crippen LogP contribution is -2.46. The number of likely N-dealkylation sites (N-methyl/N-ethyl adjacent to an activating group) is 1. The second kappa shape index (κ2) is 9.91. The van der Waals surface area contributed by atoms with Crippen LogP contribution in [0.3, 0.4) is 0 Å². The topological polar surface area (TPSA) is 73.0 Å². The zero-order chi connectivity index (χ0) is 20.9. The first-order valence-electron chi connectivity index (χ1n) is 10.7. The molecule has 1 aromatic rings. The summed E-state index contributed by atoms with van der Waals surface area (Å²) in [5, 5.41) is 3.06. The first-order chi connectivity index (χ1) is 13.9. The summed E-state index contributed by atoms with van der Waals surface area (Å²) in [4.78, 5) is 17.5. The van der Waals surface area contributed by atoms with Crippen LogP contribution in [0, 0.1) is 5.92 Å². The third kappa shape index (κ3) is 5.71. The number of anilines is 1. The van der Waals surface area contributed by atoms with E-state index in [0.29, 0.717) is 26.1 Å². The molecule has 0 radical (unpaired) electrons. The van der Waals surface area contributed by atoms with E-state index in [9.17, 15) is 13.2 Å². The Morgan fingerprint density at radius 2 is 1.86 bits per heavy atom. The van der Waals surface area contributed by atoms with Gasteiger partial charge in [0.05, 0.1) is 11.7 Å². The number of carbonyl (C=O) groups excluding carboxylic acids is 1. The lowest BCUT2D eigenvalue weighted by atomic mass is 9.98. The first-order valence-corrected chi connectivity index (χ1v) is 12.3. The molecule has 2 aliphatic heterocycles. The maximum absolute atomic E-state index is 12.8. The number of hydrogen-bond donors (Lipinski definition) is 1. The molecule has 0 aromatic heterocycles. The van der Waals surface area contributed by atoms with Crippen LogP contribution < -0.4 is 10.2 Å². The van der Waals surface area contributed by atoms with E-state index in [-0.39, 0.29) is 17.6 Å². The number of para-hydroxylation sites is 1. The fourth-order valence-electron chi connectivity index (χ4n) is 4.14. The van der Waals surface area contributed by atoms with Crippen molar-refractivity contribution in [2.75, 3.05) is 57.0 Å². The maximum Gasteiger partial charge on any atom is 0.224 e. The summed E-state index contributed by atoms with van der Waals surface area (Å²) in [6.45, 7) is 7.19. The van der Waals surface area contributed by atoms with E-state index in [1.54, 1.807) is 0 Å². The zero-order valence-corrected chi connectivity index (χ0v) is 18.5. The fourth-order valence-corrected chi connectivity index (χ4v) is 5.73. The Bertz CT molecular complexity index is 791. The summed E-state index contributed by atoms with van der Waals surface area (Å²) in [6.07, 6.45) is 2.07. The van der Waals surface area contributed by atoms with Gasteiger partial charge in [-0.05, 0) is 37.9 Å². The smallest absolute Gasteiger partial charge is 0.224 e. The highest BCUT2D eigenvalue weighted by molar-refractivity contribution is 7.89. The van der Waals surface area contributed by atoms with Crippen LogP contribution in [0.15, 0.2) is 24.3 Å². The van der Waals surface area contributed by atoms with Gasteiger partial charge >= 0.3 is 0 Å². The first kappa shape index (κ1) is 22.1. The Hall–Kier alpha value is -1.64. The molecule has 3 rings (SSSR count). The number of nitrogens with zero attached hydrogens (tertiary/aromatic N) is 3. The van der Waals surface area contributed by atoms with Crippen LogP contribution in [0.25, 0.3) is 0 Å². The highest BCUT2D eigenvalue weighted by Gasteiger charge is 2.31. The van der Waals surface area contributed by atoms with Crippen LogP contribution in [0.5, 0.6) is 0 Å². The largest absolute Gasteiger partial charge is 0.369 e. The standard InChI is InChI=1S/C21H34N4O3S/c1-3-15-29(27,28)25-10-6-8-19(17-25)21(26)22-16-18-7-4-5-9-20(18)24-13-11-23(2)12-14-24/h4-5,7,9,19H,3,6,8,10-17H2,1-2H3,(H,22,26). The molecule has 7 nitrogen and oxygen atoms in total. The van der Waals surface area contributed by atoms with Crippen molar-refractivity contribution in [3.8, 4) is 0 Å². The number of amides is 1. The molecule has 2 aliphatic rings. The minimum absolute atomic E-state index is 0.0467. The van der Waals surface area contributed by atoms with Gasteiger partial charge in [0.2, 0.25) is 15.9 Å². The van der Waals surface area contributed by atoms with E-state index in [2.05, 4.69) is 34.3 Å². The van der Waals surface area contributed by atoms with Crippen LogP contribution in [0.2, 0.25) is 0 Å². The lowest BCUT2D eigenvalue weighted by Gasteiger charge is -2.35. The van der Waals surface area contributed by atoms with Gasteiger partial charge in [-0.25, -0.2) is 12.7 Å². The Morgan fingerprint density at radius 1 is 1.14 bits per heavy atom. The number of benzene rings is 1. The van der Waals surface area contributed by atoms with Gasteiger partial charge in [-0.3, -0.25) is 4.79 Å². The van der Waals surface area contributed by atoms with Crippen molar-refractivity contribution < 1.29 is 13.2 Å². The Balaban J connectivity index is 1.59. The van der Waals surface area contributed by atoms with Crippen molar-refractivity contribution in [1.29, 1.82) is 0 Å². The van der Waals surface area contributed by atoms with Crippen molar-refractivity contribution in [2.45, 2.75) is 32.7 Å². The van der Waals surface area contributed by atoms with E-state index in [4.69, 9.17) is 0 Å². The molecule has 0 saturated carbocycles. The molecule has 1 aromatic carbocycles. The van der Waals surface area contributed by atoms with Crippen LogP contribution in [-0.2, 0) is 21.4 Å². The van der Waals surface area contributed by atoms with Gasteiger partial charge < -0.3 is 15.1 Å². The van der Waals surface area contributed by atoms with Crippen molar-refractivity contribution in [1.82, 2.24) is 14.5 Å². The number of hydrogen-bond acceptors (Lipinski definition) is 5. The number of rotatable bonds is 7. The molecule has 29 heavy (non-hydrogen) atoms. The minimum Gasteiger partial charge on any atom is -0.369 e. The van der Waals surface area contributed by atoms with E-state index in [1.165, 1.54) is 9.99 Å². The van der Waals surface area contributed by atoms with Crippen LogP contribution in [0.1, 0.15) is 31.7 Å². The molecule has 162 valence electrons. The Labute approximate surface area is 175 Å². The van der Waals surface area contributed by atoms with Crippen LogP contribution >= 0.6 is 0 Å². The van der Waals surface area contributed by atoms with Gasteiger partial charge in [0.15, 0.2) is 0 Å². The van der Waals surface area contributed by atoms with E-state index in [1.807, 2.05) is 19.1 Å². The van der Waals surface area contributed by atoms with Gasteiger partial charge in [-0.2, -0.15) is 0 Å². The molecule has 0 aliphatic carbocycles. The van der Waals surface area contributed by atoms with Gasteiger partial charge in [0.25, 0.3) is 0 Å². The van der Waals surface area contributed by atoms with Crippen molar-refractivity contribution >= 4 is 21.6 Å². The summed E-state index contributed by atoms with van der Waals surface area (Å²) in [6, 6.07) is 8.22. The van der Waals surface area contributed by atoms with E-state index < -0.39 is 10.0 Å². The van der Waals surface area contributed by atoms with Crippen LogP contribution in [0.4, 0.5) is 5.69 Å². The number of nitrogens with one attached hydrogen (secondary N) is 1. The van der Waals surface area contributed by atoms with Crippen molar-refractivity contribution in [2.24, 2.45) is 5.92 Å². The Morgan fingerprint density at radius 3 is 2.59 bits per heavy atom. The molecule has 1 unspecified atom stereocenters. The van der Waals surface area contributed by atoms with Gasteiger partial charge in [0, 0.05) is 51.5 Å². The molecule has 0 spiro atoms. The summed E-state index contributed by atoms with van der Waals surface area (Å²) < 4.78 is 26.2. The number of piperidine rings is 1. The summed E-state index contributed by atoms with van der Waals surface area (Å²) in [7, 11) is -1.11. The van der Waals surface area contributed by atoms with Crippen molar-refractivity contribution in [3.63, 3.8) is 0 Å². The average Bonchev–Trinajstić information content (AvgIpc) is 2.73. The molecular formula is C21H34N4O3S. The Kier molecular flexibility index (Phi) is 7.54. The van der Waals surface area contributed by atoms with Crippen molar-refractivity contribution in [3.05, 3.63) is 29.8 Å². The molecule has 0 bridgehead atoms. The van der Waals surface area contributed by atoms with Gasteiger partial charge in [-0.15, -0.1) is 0 Å². The number of sulfonamides is 1. The van der Waals surface area contributed by atoms with Gasteiger partial charge in [0.1, 0.15) is 0 Å². The third-order valence-corrected chi connectivity index (χ3v) is 7.94. The SMILES string of the molecule is CCCS(=O)(=O)N1CCCC(C(=O)NCc2ccccc2N2CCN(C)CC2)C1. The fraction of sp³-hybridized carbons (Fsp3) is 0.667. The zero-order valence-electron chi connectivity index (χ0n) is 17.6. The molecule has 8 heteroatoms. The number of carbonyl (C=O) groups is 1. The average molecular weight is 423 g/mol. The highest BCUT2D eigenvalue weighted by atomic mass is 32.2. The quantitative estimate of drug-likeness (QED) is 0.721. The molecule has 2 fully saturated rings. The predicted octanol–water partition coefficient (Wildman–Crippen LogP) is 1.51. The van der Waals surface area contributed by atoms with Gasteiger partial charge in [-0.1, -0.05) is 25.1 Å². The van der Waals surface area contributed by atoms with Crippen LogP contribution in [-0.4, -0.2) is 75.6 Å². The summed E-state index contributed by atoms with van der Waals surface area (Å²) in [5.74, 6) is -0.166. The normalized spacial score (nSPS) is 21.9. The molecule has 1 amide bonds. The molecular weight excluding hydrogens is 388 g/mol. The summed E-state index contributed by atoms with van der Waals surface area (Å²) >= 11 is 0. The predicted molar refractivity (Wildman–Crippen MR) is 116 cm³/mol. The van der Waals surface area contributed by atoms with E-state index in [0.717, 1.165) is 44.6 Å². The summed E-state index contributed by atoms with van der Waals surface area (Å²) in [5.41, 5.74) is 2.29. The second-order valence-corrected chi connectivity index (χ2v) is 10.2. The van der Waals surface area contributed by atoms with E-state index >= 15 is 0 Å². The highest BCUT2D eigenvalue weighted by Crippen LogP contribution is 2.23. The maximum atomic E-state index is 12.8. The molecule has 2 saturated heterocycles. The lowest BCUT2D eigenvalue weighted by molar-refractivity contribution is -0.126. The molecule has 1 atom stereocenters.